The Labute approximate surface area is 79.4 Å². The first kappa shape index (κ1) is 8.76. The minimum atomic E-state index is -0.485. The molecule has 1 N–H and O–H groups in total. The Morgan fingerprint density at radius 2 is 1.85 bits per heavy atom. The predicted octanol–water partition coefficient (Wildman–Crippen LogP) is 2.79. The summed E-state index contributed by atoms with van der Waals surface area (Å²) in [5, 5.41) is 10.0. The maximum Gasteiger partial charge on any atom is 0.0901 e. The zero-order valence-electron chi connectivity index (χ0n) is 8.25. The second kappa shape index (κ2) is 2.85. The molecule has 70 valence electrons. The SMILES string of the molecule is CC(C)c1ccccc1C1(O)CC1. The van der Waals surface area contributed by atoms with E-state index in [1.807, 2.05) is 12.1 Å². The van der Waals surface area contributed by atoms with Crippen LogP contribution >= 0.6 is 0 Å². The lowest BCUT2D eigenvalue weighted by Gasteiger charge is -2.16. The van der Waals surface area contributed by atoms with Crippen molar-refractivity contribution in [2.75, 3.05) is 0 Å². The summed E-state index contributed by atoms with van der Waals surface area (Å²) in [5.41, 5.74) is 1.95. The van der Waals surface area contributed by atoms with Gasteiger partial charge in [0.1, 0.15) is 0 Å². The highest BCUT2D eigenvalue weighted by Crippen LogP contribution is 2.47. The van der Waals surface area contributed by atoms with Crippen molar-refractivity contribution in [2.24, 2.45) is 0 Å². The van der Waals surface area contributed by atoms with E-state index in [1.165, 1.54) is 5.56 Å². The molecule has 1 saturated carbocycles. The van der Waals surface area contributed by atoms with Gasteiger partial charge in [0.05, 0.1) is 5.60 Å². The van der Waals surface area contributed by atoms with Crippen LogP contribution in [0.3, 0.4) is 0 Å². The quantitative estimate of drug-likeness (QED) is 0.734. The molecule has 1 fully saturated rings. The smallest absolute Gasteiger partial charge is 0.0901 e. The van der Waals surface area contributed by atoms with Crippen molar-refractivity contribution in [1.82, 2.24) is 0 Å². The summed E-state index contributed by atoms with van der Waals surface area (Å²) in [7, 11) is 0. The molecule has 0 radical (unpaired) electrons. The van der Waals surface area contributed by atoms with Gasteiger partial charge in [0, 0.05) is 0 Å². The molecule has 0 atom stereocenters. The van der Waals surface area contributed by atoms with Gasteiger partial charge in [0.25, 0.3) is 0 Å². The van der Waals surface area contributed by atoms with E-state index in [2.05, 4.69) is 26.0 Å². The predicted molar refractivity (Wildman–Crippen MR) is 53.7 cm³/mol. The zero-order chi connectivity index (χ0) is 9.47. The molecule has 0 aromatic heterocycles. The molecule has 0 heterocycles. The average molecular weight is 176 g/mol. The van der Waals surface area contributed by atoms with E-state index in [0.717, 1.165) is 18.4 Å². The summed E-state index contributed by atoms with van der Waals surface area (Å²) >= 11 is 0. The Balaban J connectivity index is 2.44. The molecule has 0 aliphatic heterocycles. The fourth-order valence-electron chi connectivity index (χ4n) is 1.81. The van der Waals surface area contributed by atoms with Crippen molar-refractivity contribution in [3.63, 3.8) is 0 Å². The van der Waals surface area contributed by atoms with Crippen LogP contribution in [0.5, 0.6) is 0 Å². The van der Waals surface area contributed by atoms with Crippen molar-refractivity contribution in [3.8, 4) is 0 Å². The van der Waals surface area contributed by atoms with Gasteiger partial charge in [-0.05, 0) is 29.9 Å². The van der Waals surface area contributed by atoms with E-state index in [9.17, 15) is 5.11 Å². The van der Waals surface area contributed by atoms with Gasteiger partial charge in [-0.15, -0.1) is 0 Å². The lowest BCUT2D eigenvalue weighted by molar-refractivity contribution is 0.150. The first-order valence-electron chi connectivity index (χ1n) is 4.95. The van der Waals surface area contributed by atoms with Crippen LogP contribution < -0.4 is 0 Å². The van der Waals surface area contributed by atoms with Crippen LogP contribution in [0.1, 0.15) is 43.7 Å². The maximum atomic E-state index is 10.0. The van der Waals surface area contributed by atoms with Gasteiger partial charge in [-0.3, -0.25) is 0 Å². The molecular formula is C12H16O. The number of aliphatic hydroxyl groups is 1. The third-order valence-corrected chi connectivity index (χ3v) is 2.81. The lowest BCUT2D eigenvalue weighted by atomic mass is 9.93. The highest BCUT2D eigenvalue weighted by atomic mass is 16.3. The molecule has 1 nitrogen and oxygen atoms in total. The zero-order valence-corrected chi connectivity index (χ0v) is 8.25. The Hall–Kier alpha value is -0.820. The number of hydrogen-bond donors (Lipinski definition) is 1. The third-order valence-electron chi connectivity index (χ3n) is 2.81. The molecule has 2 rings (SSSR count). The van der Waals surface area contributed by atoms with Crippen LogP contribution in [0.4, 0.5) is 0 Å². The second-order valence-corrected chi connectivity index (χ2v) is 4.27. The molecule has 1 heteroatoms. The summed E-state index contributed by atoms with van der Waals surface area (Å²) in [6.07, 6.45) is 1.85. The highest BCUT2D eigenvalue weighted by Gasteiger charge is 2.43. The van der Waals surface area contributed by atoms with E-state index in [-0.39, 0.29) is 0 Å². The molecule has 1 aromatic rings. The molecule has 0 spiro atoms. The van der Waals surface area contributed by atoms with Gasteiger partial charge in [-0.25, -0.2) is 0 Å². The Kier molecular flexibility index (Phi) is 1.92. The monoisotopic (exact) mass is 176 g/mol. The molecule has 0 unspecified atom stereocenters. The van der Waals surface area contributed by atoms with Gasteiger partial charge in [0.15, 0.2) is 0 Å². The van der Waals surface area contributed by atoms with Gasteiger partial charge < -0.3 is 5.11 Å². The Bertz CT molecular complexity index is 311. The topological polar surface area (TPSA) is 20.2 Å². The summed E-state index contributed by atoms with van der Waals surface area (Å²) in [6.45, 7) is 4.34. The average Bonchev–Trinajstić information content (AvgIpc) is 2.85. The van der Waals surface area contributed by atoms with Crippen molar-refractivity contribution < 1.29 is 5.11 Å². The molecular weight excluding hydrogens is 160 g/mol. The van der Waals surface area contributed by atoms with Crippen molar-refractivity contribution in [2.45, 2.75) is 38.2 Å². The molecule has 13 heavy (non-hydrogen) atoms. The molecule has 1 aromatic carbocycles. The van der Waals surface area contributed by atoms with E-state index in [4.69, 9.17) is 0 Å². The third kappa shape index (κ3) is 1.49. The molecule has 0 bridgehead atoms. The number of rotatable bonds is 2. The van der Waals surface area contributed by atoms with E-state index < -0.39 is 5.60 Å². The van der Waals surface area contributed by atoms with Crippen molar-refractivity contribution in [3.05, 3.63) is 35.4 Å². The van der Waals surface area contributed by atoms with Gasteiger partial charge >= 0.3 is 0 Å². The lowest BCUT2D eigenvalue weighted by Crippen LogP contribution is -2.08. The highest BCUT2D eigenvalue weighted by molar-refractivity contribution is 5.37. The Morgan fingerprint density at radius 3 is 2.38 bits per heavy atom. The summed E-state index contributed by atoms with van der Waals surface area (Å²) < 4.78 is 0. The first-order chi connectivity index (χ1) is 6.13. The molecule has 0 saturated heterocycles. The standard InChI is InChI=1S/C12H16O/c1-9(2)10-5-3-4-6-11(10)12(13)7-8-12/h3-6,9,13H,7-8H2,1-2H3. The largest absolute Gasteiger partial charge is 0.385 e. The van der Waals surface area contributed by atoms with Gasteiger partial charge in [0.2, 0.25) is 0 Å². The molecule has 1 aliphatic carbocycles. The van der Waals surface area contributed by atoms with E-state index in [1.54, 1.807) is 0 Å². The van der Waals surface area contributed by atoms with Crippen molar-refractivity contribution >= 4 is 0 Å². The Morgan fingerprint density at radius 1 is 1.23 bits per heavy atom. The molecule has 0 amide bonds. The van der Waals surface area contributed by atoms with E-state index >= 15 is 0 Å². The van der Waals surface area contributed by atoms with Gasteiger partial charge in [-0.1, -0.05) is 38.1 Å². The van der Waals surface area contributed by atoms with E-state index in [0.29, 0.717) is 5.92 Å². The fourth-order valence-corrected chi connectivity index (χ4v) is 1.81. The summed E-state index contributed by atoms with van der Waals surface area (Å²) in [5.74, 6) is 0.501. The molecule has 1 aliphatic rings. The van der Waals surface area contributed by atoms with Crippen LogP contribution in [-0.2, 0) is 5.60 Å². The first-order valence-corrected chi connectivity index (χ1v) is 4.95. The number of hydrogen-bond acceptors (Lipinski definition) is 1. The maximum absolute atomic E-state index is 10.0. The minimum absolute atomic E-state index is 0.485. The van der Waals surface area contributed by atoms with Crippen LogP contribution in [0.25, 0.3) is 0 Å². The normalized spacial score (nSPS) is 19.1. The summed E-state index contributed by atoms with van der Waals surface area (Å²) in [6, 6.07) is 8.24. The van der Waals surface area contributed by atoms with Crippen molar-refractivity contribution in [1.29, 1.82) is 0 Å². The fraction of sp³-hybridized carbons (Fsp3) is 0.500. The van der Waals surface area contributed by atoms with Crippen LogP contribution in [0, 0.1) is 0 Å². The second-order valence-electron chi connectivity index (χ2n) is 4.27. The number of benzene rings is 1. The minimum Gasteiger partial charge on any atom is -0.385 e. The van der Waals surface area contributed by atoms with Gasteiger partial charge in [-0.2, -0.15) is 0 Å². The van der Waals surface area contributed by atoms with Crippen LogP contribution in [-0.4, -0.2) is 5.11 Å². The van der Waals surface area contributed by atoms with Crippen LogP contribution in [0.15, 0.2) is 24.3 Å². The van der Waals surface area contributed by atoms with Crippen LogP contribution in [0.2, 0.25) is 0 Å². The summed E-state index contributed by atoms with van der Waals surface area (Å²) in [4.78, 5) is 0.